The lowest BCUT2D eigenvalue weighted by atomic mass is 10.0. The molecule has 1 nitrogen and oxygen atoms in total. The van der Waals surface area contributed by atoms with E-state index in [1.807, 2.05) is 0 Å². The van der Waals surface area contributed by atoms with Gasteiger partial charge in [0, 0.05) is 0 Å². The van der Waals surface area contributed by atoms with Crippen LogP contribution in [0.5, 0.6) is 0 Å². The third-order valence-corrected chi connectivity index (χ3v) is 3.58. The van der Waals surface area contributed by atoms with Crippen LogP contribution in [0.25, 0.3) is 0 Å². The van der Waals surface area contributed by atoms with Crippen molar-refractivity contribution < 1.29 is 9.19 Å². The first-order valence-corrected chi connectivity index (χ1v) is 5.65. The molecule has 0 atom stereocenters. The van der Waals surface area contributed by atoms with Gasteiger partial charge in [0.15, 0.2) is 0 Å². The summed E-state index contributed by atoms with van der Waals surface area (Å²) in [6.07, 6.45) is 0. The molecule has 0 radical (unpaired) electrons. The zero-order valence-electron chi connectivity index (χ0n) is 11.1. The van der Waals surface area contributed by atoms with Crippen LogP contribution in [0.15, 0.2) is 0 Å². The first-order valence-electron chi connectivity index (χ1n) is 5.65. The van der Waals surface area contributed by atoms with Crippen molar-refractivity contribution in [2.75, 3.05) is 0 Å². The molecule has 0 N–H and O–H groups in total. The highest BCUT2D eigenvalue weighted by molar-refractivity contribution is 4.61. The van der Waals surface area contributed by atoms with Crippen molar-refractivity contribution in [1.29, 1.82) is 0 Å². The van der Waals surface area contributed by atoms with Gasteiger partial charge in [-0.3, -0.25) is 0 Å². The molecule has 88 valence electrons. The predicted octanol–water partition coefficient (Wildman–Crippen LogP) is 0.441. The molecule has 0 aliphatic carbocycles. The third-order valence-electron chi connectivity index (χ3n) is 3.58. The minimum atomic E-state index is 0. The zero-order valence-corrected chi connectivity index (χ0v) is 11.1. The number of hydrogen-bond acceptors (Lipinski definition) is 0. The first kappa shape index (κ1) is 16.3. The van der Waals surface area contributed by atoms with Gasteiger partial charge in [-0.2, -0.15) is 0 Å². The maximum absolute atomic E-state index is 2.35. The lowest BCUT2D eigenvalue weighted by molar-refractivity contribution is -1.00. The van der Waals surface area contributed by atoms with E-state index in [9.17, 15) is 0 Å². The molecule has 0 aliphatic heterocycles. The molecule has 0 heterocycles. The van der Waals surface area contributed by atoms with Gasteiger partial charge in [0.05, 0.1) is 24.2 Å². The summed E-state index contributed by atoms with van der Waals surface area (Å²) in [5, 5.41) is 0. The monoisotopic (exact) mass is 205 g/mol. The largest absolute Gasteiger partial charge is 1.00 e. The SMILES string of the molecule is CC(C)[N+](C(C)C)(C(C)C)C(C)C.[F-]. The Kier molecular flexibility index (Phi) is 6.64. The Bertz CT molecular complexity index is 113. The van der Waals surface area contributed by atoms with Gasteiger partial charge < -0.3 is 9.19 Å². The van der Waals surface area contributed by atoms with Crippen molar-refractivity contribution in [3.05, 3.63) is 0 Å². The van der Waals surface area contributed by atoms with E-state index in [2.05, 4.69) is 55.4 Å². The van der Waals surface area contributed by atoms with E-state index in [0.29, 0.717) is 24.2 Å². The summed E-state index contributed by atoms with van der Waals surface area (Å²) in [5.41, 5.74) is 0. The fourth-order valence-electron chi connectivity index (χ4n) is 3.58. The standard InChI is InChI=1S/C12H28N.FH/c1-9(2)13(10(3)4,11(5)6)12(7)8;/h9-12H,1-8H3;1H/q+1;/p-1. The van der Waals surface area contributed by atoms with Crippen LogP contribution in [-0.4, -0.2) is 28.7 Å². The highest BCUT2D eigenvalue weighted by atomic mass is 19.0. The summed E-state index contributed by atoms with van der Waals surface area (Å²) in [6.45, 7) is 18.8. The van der Waals surface area contributed by atoms with Gasteiger partial charge in [0.25, 0.3) is 0 Å². The highest BCUT2D eigenvalue weighted by Gasteiger charge is 2.40. The molecule has 0 saturated heterocycles. The van der Waals surface area contributed by atoms with Gasteiger partial charge in [-0.1, -0.05) is 0 Å². The average Bonchev–Trinajstić information content (AvgIpc) is 1.82. The second-order valence-electron chi connectivity index (χ2n) is 5.27. The topological polar surface area (TPSA) is 0 Å². The van der Waals surface area contributed by atoms with Gasteiger partial charge in [-0.15, -0.1) is 0 Å². The third kappa shape index (κ3) is 2.47. The predicted molar refractivity (Wildman–Crippen MR) is 60.8 cm³/mol. The Morgan fingerprint density at radius 2 is 0.643 bits per heavy atom. The van der Waals surface area contributed by atoms with Crippen LogP contribution in [0, 0.1) is 0 Å². The van der Waals surface area contributed by atoms with Crippen molar-refractivity contribution in [2.45, 2.75) is 79.6 Å². The molecule has 0 bridgehead atoms. The first-order chi connectivity index (χ1) is 5.77. The molecule has 0 saturated carbocycles. The number of nitrogens with zero attached hydrogens (tertiary/aromatic N) is 1. The molecule has 0 aromatic carbocycles. The molecule has 0 aromatic heterocycles. The van der Waals surface area contributed by atoms with Gasteiger partial charge in [0.1, 0.15) is 0 Å². The zero-order chi connectivity index (χ0) is 10.8. The normalized spacial score (nSPS) is 12.9. The summed E-state index contributed by atoms with van der Waals surface area (Å²) in [5.74, 6) is 0. The number of hydrogen-bond donors (Lipinski definition) is 0. The van der Waals surface area contributed by atoms with Crippen LogP contribution in [-0.2, 0) is 0 Å². The van der Waals surface area contributed by atoms with Crippen LogP contribution in [0.2, 0.25) is 0 Å². The van der Waals surface area contributed by atoms with Gasteiger partial charge in [-0.25, -0.2) is 0 Å². The Balaban J connectivity index is 0. The molecular weight excluding hydrogens is 177 g/mol. The average molecular weight is 205 g/mol. The van der Waals surface area contributed by atoms with Crippen molar-refractivity contribution >= 4 is 0 Å². The van der Waals surface area contributed by atoms with Crippen LogP contribution < -0.4 is 4.70 Å². The van der Waals surface area contributed by atoms with E-state index >= 15 is 0 Å². The van der Waals surface area contributed by atoms with Crippen molar-refractivity contribution in [2.24, 2.45) is 0 Å². The summed E-state index contributed by atoms with van der Waals surface area (Å²) in [6, 6.07) is 2.83. The Morgan fingerprint density at radius 1 is 0.500 bits per heavy atom. The minimum absolute atomic E-state index is 0. The highest BCUT2D eigenvalue weighted by Crippen LogP contribution is 2.28. The lowest BCUT2D eigenvalue weighted by Gasteiger charge is -2.52. The molecule has 0 aromatic rings. The van der Waals surface area contributed by atoms with E-state index in [-0.39, 0.29) is 4.70 Å². The molecular formula is C12H28FN. The second-order valence-corrected chi connectivity index (χ2v) is 5.27. The smallest absolute Gasteiger partial charge is 0.0839 e. The van der Waals surface area contributed by atoms with Gasteiger partial charge in [-0.05, 0) is 55.4 Å². The van der Waals surface area contributed by atoms with E-state index in [4.69, 9.17) is 0 Å². The van der Waals surface area contributed by atoms with Crippen LogP contribution in [0.3, 0.4) is 0 Å². The van der Waals surface area contributed by atoms with E-state index < -0.39 is 0 Å². The molecule has 0 spiro atoms. The van der Waals surface area contributed by atoms with Gasteiger partial charge in [0.2, 0.25) is 0 Å². The fraction of sp³-hybridized carbons (Fsp3) is 1.00. The van der Waals surface area contributed by atoms with Gasteiger partial charge >= 0.3 is 0 Å². The molecule has 2 heteroatoms. The van der Waals surface area contributed by atoms with Crippen molar-refractivity contribution in [1.82, 2.24) is 0 Å². The fourth-order valence-corrected chi connectivity index (χ4v) is 3.58. The Hall–Kier alpha value is -0.110. The van der Waals surface area contributed by atoms with Crippen molar-refractivity contribution in [3.8, 4) is 0 Å². The summed E-state index contributed by atoms with van der Waals surface area (Å²) in [7, 11) is 0. The molecule has 0 fully saturated rings. The molecule has 14 heavy (non-hydrogen) atoms. The summed E-state index contributed by atoms with van der Waals surface area (Å²) >= 11 is 0. The Labute approximate surface area is 89.5 Å². The van der Waals surface area contributed by atoms with E-state index in [1.54, 1.807) is 0 Å². The molecule has 0 amide bonds. The lowest BCUT2D eigenvalue weighted by Crippen LogP contribution is -3.00. The van der Waals surface area contributed by atoms with Crippen LogP contribution >= 0.6 is 0 Å². The summed E-state index contributed by atoms with van der Waals surface area (Å²) in [4.78, 5) is 0. The van der Waals surface area contributed by atoms with Crippen molar-refractivity contribution in [3.63, 3.8) is 0 Å². The van der Waals surface area contributed by atoms with E-state index in [0.717, 1.165) is 0 Å². The number of rotatable bonds is 4. The number of halogens is 1. The van der Waals surface area contributed by atoms with Crippen LogP contribution in [0.1, 0.15) is 55.4 Å². The Morgan fingerprint density at radius 3 is 0.643 bits per heavy atom. The van der Waals surface area contributed by atoms with E-state index in [1.165, 1.54) is 4.48 Å². The molecule has 0 rings (SSSR count). The van der Waals surface area contributed by atoms with Crippen LogP contribution in [0.4, 0.5) is 0 Å². The maximum Gasteiger partial charge on any atom is 0.0839 e. The minimum Gasteiger partial charge on any atom is -1.00 e. The maximum atomic E-state index is 2.35. The molecule has 0 unspecified atom stereocenters. The quantitative estimate of drug-likeness (QED) is 0.584. The number of quaternary nitrogens is 1. The second kappa shape index (κ2) is 5.69. The molecule has 0 aliphatic rings. The summed E-state index contributed by atoms with van der Waals surface area (Å²) < 4.78 is 1.22.